The molecule has 0 bridgehead atoms. The van der Waals surface area contributed by atoms with E-state index in [0.29, 0.717) is 0 Å². The number of furan rings is 1. The molecule has 1 saturated carbocycles. The van der Waals surface area contributed by atoms with Crippen molar-refractivity contribution in [2.24, 2.45) is 16.6 Å². The van der Waals surface area contributed by atoms with Crippen LogP contribution in [0.15, 0.2) is 16.5 Å². The lowest BCUT2D eigenvalue weighted by Crippen LogP contribution is -2.37. The zero-order valence-corrected chi connectivity index (χ0v) is 11.4. The number of piperidine rings is 1. The SMILES string of the molecule is NC(=O)c1ccc(C(=O)NC[C@@]23CNC[C@]2(C(F)(F)F)C3)o1. The molecule has 0 unspecified atom stereocenters. The first kappa shape index (κ1) is 14.9. The molecule has 2 heterocycles. The lowest BCUT2D eigenvalue weighted by atomic mass is 9.95. The Kier molecular flexibility index (Phi) is 3.03. The number of nitrogens with two attached hydrogens (primary N) is 1. The van der Waals surface area contributed by atoms with E-state index in [1.165, 1.54) is 12.1 Å². The summed E-state index contributed by atoms with van der Waals surface area (Å²) in [5.41, 5.74) is 2.24. The van der Waals surface area contributed by atoms with Crippen molar-refractivity contribution in [1.29, 1.82) is 0 Å². The van der Waals surface area contributed by atoms with E-state index in [1.807, 2.05) is 0 Å². The van der Waals surface area contributed by atoms with Crippen LogP contribution in [0, 0.1) is 10.8 Å². The van der Waals surface area contributed by atoms with Crippen LogP contribution in [0.5, 0.6) is 0 Å². The third-order valence-corrected chi connectivity index (χ3v) is 4.62. The Morgan fingerprint density at radius 3 is 2.55 bits per heavy atom. The van der Waals surface area contributed by atoms with Crippen LogP contribution in [0.25, 0.3) is 0 Å². The van der Waals surface area contributed by atoms with Crippen LogP contribution in [0.2, 0.25) is 0 Å². The fourth-order valence-electron chi connectivity index (χ4n) is 3.25. The van der Waals surface area contributed by atoms with Crippen LogP contribution in [0.3, 0.4) is 0 Å². The average Bonchev–Trinajstić information content (AvgIpc) is 2.82. The van der Waals surface area contributed by atoms with Gasteiger partial charge in [0, 0.05) is 25.0 Å². The van der Waals surface area contributed by atoms with Crippen molar-refractivity contribution in [3.63, 3.8) is 0 Å². The molecule has 2 fully saturated rings. The van der Waals surface area contributed by atoms with Crippen molar-refractivity contribution in [2.45, 2.75) is 12.6 Å². The number of rotatable bonds is 4. The molecular weight excluding hydrogens is 303 g/mol. The summed E-state index contributed by atoms with van der Waals surface area (Å²) in [4.78, 5) is 22.8. The molecule has 2 aliphatic rings. The summed E-state index contributed by atoms with van der Waals surface area (Å²) >= 11 is 0. The molecule has 3 rings (SSSR count). The van der Waals surface area contributed by atoms with Gasteiger partial charge in [-0.05, 0) is 18.6 Å². The van der Waals surface area contributed by atoms with Gasteiger partial charge >= 0.3 is 6.18 Å². The summed E-state index contributed by atoms with van der Waals surface area (Å²) in [5, 5.41) is 5.18. The smallest absolute Gasteiger partial charge is 0.396 e. The van der Waals surface area contributed by atoms with Gasteiger partial charge in [-0.15, -0.1) is 0 Å². The molecule has 0 spiro atoms. The maximum absolute atomic E-state index is 13.1. The van der Waals surface area contributed by atoms with E-state index in [2.05, 4.69) is 10.6 Å². The van der Waals surface area contributed by atoms with E-state index in [4.69, 9.17) is 10.2 Å². The molecule has 1 aromatic heterocycles. The second-order valence-electron chi connectivity index (χ2n) is 5.85. The van der Waals surface area contributed by atoms with Gasteiger partial charge in [0.1, 0.15) is 0 Å². The zero-order chi connectivity index (χ0) is 16.2. The van der Waals surface area contributed by atoms with Gasteiger partial charge < -0.3 is 20.8 Å². The average molecular weight is 317 g/mol. The number of carbonyl (C=O) groups excluding carboxylic acids is 2. The second-order valence-corrected chi connectivity index (χ2v) is 5.85. The summed E-state index contributed by atoms with van der Waals surface area (Å²) in [5.74, 6) is -1.83. The molecule has 0 aromatic carbocycles. The topological polar surface area (TPSA) is 97.4 Å². The van der Waals surface area contributed by atoms with Crippen LogP contribution >= 0.6 is 0 Å². The Morgan fingerprint density at radius 1 is 1.32 bits per heavy atom. The number of primary amides is 1. The van der Waals surface area contributed by atoms with Crippen LogP contribution < -0.4 is 16.4 Å². The van der Waals surface area contributed by atoms with Crippen LogP contribution in [-0.4, -0.2) is 37.6 Å². The fourth-order valence-corrected chi connectivity index (χ4v) is 3.25. The number of fused-ring (bicyclic) bond motifs is 1. The first-order valence-electron chi connectivity index (χ1n) is 6.66. The summed E-state index contributed by atoms with van der Waals surface area (Å²) in [7, 11) is 0. The zero-order valence-electron chi connectivity index (χ0n) is 11.4. The third kappa shape index (κ3) is 1.99. The van der Waals surface area contributed by atoms with E-state index < -0.39 is 28.8 Å². The van der Waals surface area contributed by atoms with Crippen molar-refractivity contribution in [3.8, 4) is 0 Å². The maximum atomic E-state index is 13.1. The number of carbonyl (C=O) groups is 2. The molecule has 0 radical (unpaired) electrons. The maximum Gasteiger partial charge on any atom is 0.396 e. The standard InChI is InChI=1S/C13H14F3N3O3/c14-13(15,16)12-3-11(12,4-18-6-12)5-19-10(21)8-2-1-7(22-8)9(17)20/h1-2,18H,3-6H2,(H2,17,20)(H,19,21)/t11-,12-/m1/s1. The Labute approximate surface area is 123 Å². The van der Waals surface area contributed by atoms with Crippen LogP contribution in [0.4, 0.5) is 13.2 Å². The third-order valence-electron chi connectivity index (χ3n) is 4.62. The quantitative estimate of drug-likeness (QED) is 0.759. The lowest BCUT2D eigenvalue weighted by Gasteiger charge is -2.20. The van der Waals surface area contributed by atoms with E-state index in [0.717, 1.165) is 0 Å². The van der Waals surface area contributed by atoms with Crippen LogP contribution in [-0.2, 0) is 0 Å². The highest BCUT2D eigenvalue weighted by molar-refractivity contribution is 5.95. The van der Waals surface area contributed by atoms with Gasteiger partial charge in [0.15, 0.2) is 11.5 Å². The van der Waals surface area contributed by atoms with Gasteiger partial charge in [-0.1, -0.05) is 0 Å². The molecule has 6 nitrogen and oxygen atoms in total. The van der Waals surface area contributed by atoms with Gasteiger partial charge in [0.2, 0.25) is 0 Å². The van der Waals surface area contributed by atoms with Gasteiger partial charge in [-0.2, -0.15) is 13.2 Å². The molecular formula is C13H14F3N3O3. The first-order chi connectivity index (χ1) is 10.2. The molecule has 22 heavy (non-hydrogen) atoms. The molecule has 1 saturated heterocycles. The highest BCUT2D eigenvalue weighted by Gasteiger charge is 2.81. The Morgan fingerprint density at radius 2 is 2.00 bits per heavy atom. The number of alkyl halides is 3. The molecule has 1 aliphatic heterocycles. The Hall–Kier alpha value is -2.03. The van der Waals surface area contributed by atoms with E-state index in [-0.39, 0.29) is 37.6 Å². The largest absolute Gasteiger partial charge is 0.446 e. The highest BCUT2D eigenvalue weighted by Crippen LogP contribution is 2.72. The molecule has 120 valence electrons. The predicted octanol–water partition coefficient (Wildman–Crippen LogP) is 0.650. The first-order valence-corrected chi connectivity index (χ1v) is 6.66. The number of halogens is 3. The van der Waals surface area contributed by atoms with Gasteiger partial charge in [-0.25, -0.2) is 0 Å². The van der Waals surface area contributed by atoms with Crippen molar-refractivity contribution in [1.82, 2.24) is 10.6 Å². The normalized spacial score (nSPS) is 30.0. The minimum absolute atomic E-state index is 0.00146. The summed E-state index contributed by atoms with van der Waals surface area (Å²) in [6, 6.07) is 2.49. The van der Waals surface area contributed by atoms with Crippen LogP contribution in [0.1, 0.15) is 27.5 Å². The fraction of sp³-hybridized carbons (Fsp3) is 0.538. The van der Waals surface area contributed by atoms with E-state index >= 15 is 0 Å². The minimum Gasteiger partial charge on any atom is -0.446 e. The second kappa shape index (κ2) is 4.48. The van der Waals surface area contributed by atoms with Crippen molar-refractivity contribution in [2.75, 3.05) is 19.6 Å². The number of amides is 2. The van der Waals surface area contributed by atoms with Crippen molar-refractivity contribution in [3.05, 3.63) is 23.7 Å². The number of hydrogen-bond donors (Lipinski definition) is 3. The molecule has 9 heteroatoms. The highest BCUT2D eigenvalue weighted by atomic mass is 19.4. The summed E-state index contributed by atoms with van der Waals surface area (Å²) in [6.45, 7) is -0.0264. The number of nitrogens with one attached hydrogen (secondary N) is 2. The lowest BCUT2D eigenvalue weighted by molar-refractivity contribution is -0.190. The van der Waals surface area contributed by atoms with E-state index in [1.54, 1.807) is 0 Å². The van der Waals surface area contributed by atoms with Gasteiger partial charge in [0.05, 0.1) is 5.41 Å². The molecule has 4 N–H and O–H groups in total. The van der Waals surface area contributed by atoms with Gasteiger partial charge in [-0.3, -0.25) is 9.59 Å². The molecule has 1 aliphatic carbocycles. The minimum atomic E-state index is -4.30. The monoisotopic (exact) mass is 317 g/mol. The summed E-state index contributed by atoms with van der Waals surface area (Å²) in [6.07, 6.45) is -4.30. The molecule has 2 amide bonds. The van der Waals surface area contributed by atoms with Crippen molar-refractivity contribution < 1.29 is 27.2 Å². The molecule has 1 aromatic rings. The number of hydrogen-bond acceptors (Lipinski definition) is 4. The molecule has 2 atom stereocenters. The van der Waals surface area contributed by atoms with Crippen molar-refractivity contribution >= 4 is 11.8 Å². The Bertz CT molecular complexity index is 642. The summed E-state index contributed by atoms with van der Waals surface area (Å²) < 4.78 is 44.4. The Balaban J connectivity index is 1.66. The van der Waals surface area contributed by atoms with E-state index in [9.17, 15) is 22.8 Å². The predicted molar refractivity (Wildman–Crippen MR) is 68.0 cm³/mol. The van der Waals surface area contributed by atoms with Gasteiger partial charge in [0.25, 0.3) is 11.8 Å².